The Morgan fingerprint density at radius 1 is 1.15 bits per heavy atom. The molecule has 27 heavy (non-hydrogen) atoms. The molecule has 0 spiro atoms. The third-order valence-electron chi connectivity index (χ3n) is 4.54. The van der Waals surface area contributed by atoms with Crippen molar-refractivity contribution >= 4 is 11.5 Å². The molecule has 0 aromatic heterocycles. The van der Waals surface area contributed by atoms with Gasteiger partial charge < -0.3 is 5.32 Å². The van der Waals surface area contributed by atoms with Crippen LogP contribution in [0.3, 0.4) is 0 Å². The fourth-order valence-electron chi connectivity index (χ4n) is 3.09. The van der Waals surface area contributed by atoms with E-state index < -0.39 is 17.5 Å². The quantitative estimate of drug-likeness (QED) is 0.614. The number of amides is 1. The maximum atomic E-state index is 13.7. The van der Waals surface area contributed by atoms with Crippen molar-refractivity contribution < 1.29 is 18.0 Å². The first-order valence-corrected chi connectivity index (χ1v) is 8.36. The van der Waals surface area contributed by atoms with Crippen LogP contribution >= 0.6 is 0 Å². The van der Waals surface area contributed by atoms with E-state index in [2.05, 4.69) is 5.32 Å². The Hall–Kier alpha value is -3.07. The van der Waals surface area contributed by atoms with Gasteiger partial charge in [0.25, 0.3) is 0 Å². The number of likely N-dealkylation sites (N-methyl/N-ethyl adjacent to an activating group) is 1. The van der Waals surface area contributed by atoms with E-state index in [-0.39, 0.29) is 17.0 Å². The second kappa shape index (κ2) is 8.09. The molecule has 6 heteroatoms. The van der Waals surface area contributed by atoms with Crippen LogP contribution in [0.4, 0.5) is 13.2 Å². The van der Waals surface area contributed by atoms with Crippen LogP contribution in [-0.4, -0.2) is 13.0 Å². The number of hydrogen-bond donors (Lipinski definition) is 1. The topological polar surface area (TPSA) is 52.9 Å². The van der Waals surface area contributed by atoms with Crippen molar-refractivity contribution in [3.05, 3.63) is 64.0 Å². The zero-order chi connectivity index (χ0) is 20.3. The Morgan fingerprint density at radius 2 is 1.74 bits per heavy atom. The van der Waals surface area contributed by atoms with E-state index in [0.29, 0.717) is 34.3 Å². The molecular formula is C21H19F3N2O. The second-order valence-electron chi connectivity index (χ2n) is 6.10. The van der Waals surface area contributed by atoms with Crippen LogP contribution in [0.15, 0.2) is 29.8 Å². The molecule has 1 N–H and O–H groups in total. The minimum atomic E-state index is -1.54. The van der Waals surface area contributed by atoms with Crippen molar-refractivity contribution in [3.63, 3.8) is 0 Å². The predicted octanol–water partition coefficient (Wildman–Crippen LogP) is 4.88. The van der Waals surface area contributed by atoms with Crippen LogP contribution < -0.4 is 5.32 Å². The number of carbonyl (C=O) groups excluding carboxylic acids is 1. The lowest BCUT2D eigenvalue weighted by atomic mass is 9.88. The third kappa shape index (κ3) is 3.87. The largest absolute Gasteiger partial charge is 0.355 e. The first-order valence-electron chi connectivity index (χ1n) is 8.36. The molecule has 0 aliphatic heterocycles. The molecule has 3 nitrogen and oxygen atoms in total. The summed E-state index contributed by atoms with van der Waals surface area (Å²) in [6.45, 7) is 5.32. The number of nitriles is 1. The summed E-state index contributed by atoms with van der Waals surface area (Å²) < 4.78 is 40.7. The fourth-order valence-corrected chi connectivity index (χ4v) is 3.09. The van der Waals surface area contributed by atoms with Crippen molar-refractivity contribution in [1.82, 2.24) is 5.32 Å². The molecule has 0 unspecified atom stereocenters. The average Bonchev–Trinajstić information content (AvgIpc) is 2.66. The zero-order valence-electron chi connectivity index (χ0n) is 15.5. The van der Waals surface area contributed by atoms with Gasteiger partial charge in [0.2, 0.25) is 5.91 Å². The third-order valence-corrected chi connectivity index (χ3v) is 4.54. The highest BCUT2D eigenvalue weighted by molar-refractivity contribution is 6.01. The van der Waals surface area contributed by atoms with E-state index >= 15 is 0 Å². The standard InChI is InChI=1S/C21H19F3N2O/c1-5-15(21(27)26-4)11(2)16-6-13(10-25)7-17(12(16)3)14-8-18(22)20(24)19(23)9-14/h6-9H,5H2,1-4H3,(H,26,27)/b15-11+. The van der Waals surface area contributed by atoms with E-state index in [1.807, 2.05) is 13.0 Å². The molecule has 140 valence electrons. The lowest BCUT2D eigenvalue weighted by Crippen LogP contribution is -2.20. The number of hydrogen-bond acceptors (Lipinski definition) is 2. The maximum Gasteiger partial charge on any atom is 0.247 e. The van der Waals surface area contributed by atoms with Gasteiger partial charge in [0.15, 0.2) is 17.5 Å². The van der Waals surface area contributed by atoms with Gasteiger partial charge in [-0.2, -0.15) is 5.26 Å². The first kappa shape index (κ1) is 20.2. The van der Waals surface area contributed by atoms with Crippen LogP contribution in [0.5, 0.6) is 0 Å². The maximum absolute atomic E-state index is 13.7. The molecule has 0 fully saturated rings. The number of nitrogens with one attached hydrogen (secondary N) is 1. The number of rotatable bonds is 4. The molecule has 2 aromatic carbocycles. The Balaban J connectivity index is 2.81. The molecule has 0 heterocycles. The van der Waals surface area contributed by atoms with Gasteiger partial charge in [-0.15, -0.1) is 0 Å². The second-order valence-corrected chi connectivity index (χ2v) is 6.10. The predicted molar refractivity (Wildman–Crippen MR) is 98.2 cm³/mol. The monoisotopic (exact) mass is 372 g/mol. The van der Waals surface area contributed by atoms with Crippen molar-refractivity contribution in [2.24, 2.45) is 0 Å². The summed E-state index contributed by atoms with van der Waals surface area (Å²) in [4.78, 5) is 12.1. The van der Waals surface area contributed by atoms with E-state index in [9.17, 15) is 23.2 Å². The molecule has 0 radical (unpaired) electrons. The van der Waals surface area contributed by atoms with Gasteiger partial charge in [0.05, 0.1) is 11.6 Å². The zero-order valence-corrected chi connectivity index (χ0v) is 15.5. The van der Waals surface area contributed by atoms with Crippen LogP contribution in [0.1, 0.15) is 37.0 Å². The van der Waals surface area contributed by atoms with Crippen molar-refractivity contribution in [2.75, 3.05) is 7.05 Å². The van der Waals surface area contributed by atoms with E-state index in [1.165, 1.54) is 13.1 Å². The summed E-state index contributed by atoms with van der Waals surface area (Å²) in [5.41, 5.74) is 3.24. The minimum absolute atomic E-state index is 0.119. The Kier molecular flexibility index (Phi) is 6.06. The molecule has 0 saturated heterocycles. The lowest BCUT2D eigenvalue weighted by molar-refractivity contribution is -0.117. The van der Waals surface area contributed by atoms with Gasteiger partial charge in [0, 0.05) is 12.6 Å². The number of halogens is 3. The van der Waals surface area contributed by atoms with Gasteiger partial charge >= 0.3 is 0 Å². The lowest BCUT2D eigenvalue weighted by Gasteiger charge is -2.16. The van der Waals surface area contributed by atoms with Crippen LogP contribution in [-0.2, 0) is 4.79 Å². The summed E-state index contributed by atoms with van der Waals surface area (Å²) >= 11 is 0. The molecule has 0 atom stereocenters. The molecule has 2 rings (SSSR count). The van der Waals surface area contributed by atoms with Gasteiger partial charge in [-0.1, -0.05) is 6.92 Å². The van der Waals surface area contributed by atoms with E-state index in [1.54, 1.807) is 19.9 Å². The van der Waals surface area contributed by atoms with Gasteiger partial charge in [-0.05, 0) is 72.4 Å². The van der Waals surface area contributed by atoms with Crippen molar-refractivity contribution in [3.8, 4) is 17.2 Å². The molecule has 1 amide bonds. The van der Waals surface area contributed by atoms with Crippen molar-refractivity contribution in [2.45, 2.75) is 27.2 Å². The highest BCUT2D eigenvalue weighted by Gasteiger charge is 2.18. The molecule has 0 aliphatic carbocycles. The summed E-state index contributed by atoms with van der Waals surface area (Å²) in [7, 11) is 1.53. The van der Waals surface area contributed by atoms with E-state index in [4.69, 9.17) is 0 Å². The Bertz CT molecular complexity index is 965. The normalized spacial score (nSPS) is 11.6. The number of allylic oxidation sites excluding steroid dienone is 1. The highest BCUT2D eigenvalue weighted by atomic mass is 19.2. The van der Waals surface area contributed by atoms with Crippen LogP contribution in [0.25, 0.3) is 16.7 Å². The highest BCUT2D eigenvalue weighted by Crippen LogP contribution is 2.34. The smallest absolute Gasteiger partial charge is 0.247 e. The average molecular weight is 372 g/mol. The summed E-state index contributed by atoms with van der Waals surface area (Å²) in [6.07, 6.45) is 0.469. The molecule has 2 aromatic rings. The van der Waals surface area contributed by atoms with Gasteiger partial charge in [-0.3, -0.25) is 4.79 Å². The fraction of sp³-hybridized carbons (Fsp3) is 0.238. The van der Waals surface area contributed by atoms with Crippen molar-refractivity contribution in [1.29, 1.82) is 5.26 Å². The van der Waals surface area contributed by atoms with Gasteiger partial charge in [0.1, 0.15) is 0 Å². The van der Waals surface area contributed by atoms with Gasteiger partial charge in [-0.25, -0.2) is 13.2 Å². The molecular weight excluding hydrogens is 353 g/mol. The number of benzene rings is 2. The summed E-state index contributed by atoms with van der Waals surface area (Å²) in [5.74, 6) is -4.39. The summed E-state index contributed by atoms with van der Waals surface area (Å²) in [5, 5.41) is 11.9. The Morgan fingerprint density at radius 3 is 2.22 bits per heavy atom. The van der Waals surface area contributed by atoms with Crippen LogP contribution in [0, 0.1) is 35.7 Å². The molecule has 0 bridgehead atoms. The van der Waals surface area contributed by atoms with Crippen LogP contribution in [0.2, 0.25) is 0 Å². The van der Waals surface area contributed by atoms with E-state index in [0.717, 1.165) is 12.1 Å². The number of carbonyl (C=O) groups is 1. The molecule has 0 aliphatic rings. The minimum Gasteiger partial charge on any atom is -0.355 e. The number of nitrogens with zero attached hydrogens (tertiary/aromatic N) is 1. The summed E-state index contributed by atoms with van der Waals surface area (Å²) in [6, 6.07) is 6.92. The Labute approximate surface area is 156 Å². The molecule has 0 saturated carbocycles. The first-order chi connectivity index (χ1) is 12.7. The SMILES string of the molecule is CC/C(C(=O)NC)=C(/C)c1cc(C#N)cc(-c2cc(F)c(F)c(F)c2)c1C.